The average molecular weight is 155 g/mol. The molecule has 0 aromatic rings. The van der Waals surface area contributed by atoms with Crippen molar-refractivity contribution in [2.75, 3.05) is 20.6 Å². The van der Waals surface area contributed by atoms with Gasteiger partial charge in [-0.05, 0) is 21.0 Å². The van der Waals surface area contributed by atoms with Crippen molar-refractivity contribution in [2.24, 2.45) is 10.2 Å². The second kappa shape index (κ2) is 3.48. The molecule has 62 valence electrons. The Bertz CT molecular complexity index is 186. The molecular formula is C7H13N3O. The third-order valence-corrected chi connectivity index (χ3v) is 1.54. The van der Waals surface area contributed by atoms with Crippen LogP contribution in [0.25, 0.3) is 0 Å². The SMILES string of the molecule is CC(OC1=CCN=N1)N(C)C. The number of ether oxygens (including phenoxy) is 1. The van der Waals surface area contributed by atoms with Gasteiger partial charge in [-0.3, -0.25) is 4.90 Å². The van der Waals surface area contributed by atoms with Gasteiger partial charge < -0.3 is 4.74 Å². The standard InChI is InChI=1S/C7H13N3O/c1-6(10(2)3)11-7-4-5-8-9-7/h4,6H,5H2,1-3H3. The summed E-state index contributed by atoms with van der Waals surface area (Å²) in [5, 5.41) is 7.56. The smallest absolute Gasteiger partial charge is 0.232 e. The second-order valence-corrected chi connectivity index (χ2v) is 2.65. The van der Waals surface area contributed by atoms with Crippen LogP contribution in [0.2, 0.25) is 0 Å². The van der Waals surface area contributed by atoms with Crippen molar-refractivity contribution >= 4 is 0 Å². The minimum absolute atomic E-state index is 0.0540. The molecule has 0 fully saturated rings. The van der Waals surface area contributed by atoms with Crippen LogP contribution >= 0.6 is 0 Å². The summed E-state index contributed by atoms with van der Waals surface area (Å²) >= 11 is 0. The maximum Gasteiger partial charge on any atom is 0.232 e. The fourth-order valence-electron chi connectivity index (χ4n) is 0.622. The molecule has 0 aromatic heterocycles. The normalized spacial score (nSPS) is 18.7. The molecule has 0 spiro atoms. The van der Waals surface area contributed by atoms with Crippen molar-refractivity contribution < 1.29 is 4.74 Å². The molecule has 0 N–H and O–H groups in total. The number of rotatable bonds is 3. The Kier molecular flexibility index (Phi) is 2.59. The van der Waals surface area contributed by atoms with Crippen LogP contribution in [0.15, 0.2) is 22.2 Å². The van der Waals surface area contributed by atoms with E-state index in [-0.39, 0.29) is 6.23 Å². The molecule has 1 atom stereocenters. The van der Waals surface area contributed by atoms with Crippen LogP contribution in [0.1, 0.15) is 6.92 Å². The summed E-state index contributed by atoms with van der Waals surface area (Å²) in [5.41, 5.74) is 0. The van der Waals surface area contributed by atoms with Gasteiger partial charge in [0.25, 0.3) is 0 Å². The summed E-state index contributed by atoms with van der Waals surface area (Å²) in [6, 6.07) is 0. The van der Waals surface area contributed by atoms with Crippen LogP contribution in [-0.2, 0) is 4.74 Å². The molecule has 4 heteroatoms. The van der Waals surface area contributed by atoms with E-state index < -0.39 is 0 Å². The van der Waals surface area contributed by atoms with Crippen LogP contribution < -0.4 is 0 Å². The first-order valence-electron chi connectivity index (χ1n) is 3.61. The van der Waals surface area contributed by atoms with Crippen molar-refractivity contribution in [3.63, 3.8) is 0 Å². The van der Waals surface area contributed by atoms with Crippen LogP contribution in [0.4, 0.5) is 0 Å². The van der Waals surface area contributed by atoms with Crippen molar-refractivity contribution in [1.82, 2.24) is 4.90 Å². The third-order valence-electron chi connectivity index (χ3n) is 1.54. The van der Waals surface area contributed by atoms with Gasteiger partial charge in [0.05, 0.1) is 6.54 Å². The van der Waals surface area contributed by atoms with Gasteiger partial charge in [0.1, 0.15) is 0 Å². The molecule has 1 heterocycles. The van der Waals surface area contributed by atoms with Crippen molar-refractivity contribution in [3.8, 4) is 0 Å². The zero-order chi connectivity index (χ0) is 8.27. The highest BCUT2D eigenvalue weighted by molar-refractivity contribution is 4.96. The fourth-order valence-corrected chi connectivity index (χ4v) is 0.622. The highest BCUT2D eigenvalue weighted by Crippen LogP contribution is 2.10. The van der Waals surface area contributed by atoms with Crippen molar-refractivity contribution in [2.45, 2.75) is 13.2 Å². The van der Waals surface area contributed by atoms with Gasteiger partial charge in [-0.25, -0.2) is 0 Å². The minimum atomic E-state index is 0.0540. The quantitative estimate of drug-likeness (QED) is 0.574. The van der Waals surface area contributed by atoms with Crippen LogP contribution in [0.3, 0.4) is 0 Å². The zero-order valence-corrected chi connectivity index (χ0v) is 7.11. The maximum atomic E-state index is 5.40. The van der Waals surface area contributed by atoms with E-state index in [1.165, 1.54) is 0 Å². The summed E-state index contributed by atoms with van der Waals surface area (Å²) in [6.07, 6.45) is 1.92. The number of hydrogen-bond donors (Lipinski definition) is 0. The molecule has 1 aliphatic heterocycles. The summed E-state index contributed by atoms with van der Waals surface area (Å²) in [6.45, 7) is 2.62. The first-order chi connectivity index (χ1) is 5.20. The summed E-state index contributed by atoms with van der Waals surface area (Å²) in [5.74, 6) is 0.631. The van der Waals surface area contributed by atoms with Gasteiger partial charge in [0.15, 0.2) is 6.23 Å². The van der Waals surface area contributed by atoms with E-state index in [1.807, 2.05) is 32.0 Å². The first kappa shape index (κ1) is 8.20. The average Bonchev–Trinajstić information content (AvgIpc) is 2.39. The van der Waals surface area contributed by atoms with Crippen LogP contribution in [0, 0.1) is 0 Å². The molecule has 1 aliphatic rings. The van der Waals surface area contributed by atoms with Crippen molar-refractivity contribution in [1.29, 1.82) is 0 Å². The Labute approximate surface area is 66.6 Å². The molecule has 0 radical (unpaired) electrons. The van der Waals surface area contributed by atoms with E-state index in [4.69, 9.17) is 4.74 Å². The molecule has 0 saturated carbocycles. The Morgan fingerprint density at radius 2 is 2.36 bits per heavy atom. The Morgan fingerprint density at radius 1 is 1.64 bits per heavy atom. The topological polar surface area (TPSA) is 37.2 Å². The Hall–Kier alpha value is -0.900. The lowest BCUT2D eigenvalue weighted by molar-refractivity contribution is 0.0206. The van der Waals surface area contributed by atoms with Crippen molar-refractivity contribution in [3.05, 3.63) is 12.0 Å². The van der Waals surface area contributed by atoms with Gasteiger partial charge in [0, 0.05) is 6.08 Å². The Balaban J connectivity index is 2.35. The fraction of sp³-hybridized carbons (Fsp3) is 0.714. The zero-order valence-electron chi connectivity index (χ0n) is 7.11. The first-order valence-corrected chi connectivity index (χ1v) is 3.61. The molecule has 4 nitrogen and oxygen atoms in total. The minimum Gasteiger partial charge on any atom is -0.458 e. The molecule has 0 bridgehead atoms. The monoisotopic (exact) mass is 155 g/mol. The summed E-state index contributed by atoms with van der Waals surface area (Å²) in [4.78, 5) is 1.97. The molecule has 1 rings (SSSR count). The largest absolute Gasteiger partial charge is 0.458 e. The predicted molar refractivity (Wildman–Crippen MR) is 42.0 cm³/mol. The van der Waals surface area contributed by atoms with E-state index >= 15 is 0 Å². The lowest BCUT2D eigenvalue weighted by Gasteiger charge is -2.19. The Morgan fingerprint density at radius 3 is 2.82 bits per heavy atom. The van der Waals surface area contributed by atoms with Gasteiger partial charge in [0.2, 0.25) is 5.88 Å². The number of hydrogen-bond acceptors (Lipinski definition) is 4. The summed E-state index contributed by atoms with van der Waals surface area (Å²) < 4.78 is 5.40. The molecule has 0 amide bonds. The van der Waals surface area contributed by atoms with Crippen LogP contribution in [0.5, 0.6) is 0 Å². The van der Waals surface area contributed by atoms with Gasteiger partial charge >= 0.3 is 0 Å². The highest BCUT2D eigenvalue weighted by Gasteiger charge is 2.08. The number of nitrogens with zero attached hydrogens (tertiary/aromatic N) is 3. The lowest BCUT2D eigenvalue weighted by atomic mass is 10.5. The molecular weight excluding hydrogens is 142 g/mol. The second-order valence-electron chi connectivity index (χ2n) is 2.65. The molecule has 11 heavy (non-hydrogen) atoms. The maximum absolute atomic E-state index is 5.40. The van der Waals surface area contributed by atoms with Gasteiger partial charge in [-0.1, -0.05) is 0 Å². The molecule has 0 aliphatic carbocycles. The highest BCUT2D eigenvalue weighted by atomic mass is 16.5. The van der Waals surface area contributed by atoms with E-state index in [0.29, 0.717) is 12.4 Å². The predicted octanol–water partition coefficient (Wildman–Crippen LogP) is 1.22. The van der Waals surface area contributed by atoms with E-state index in [9.17, 15) is 0 Å². The van der Waals surface area contributed by atoms with Crippen LogP contribution in [-0.4, -0.2) is 31.8 Å². The van der Waals surface area contributed by atoms with E-state index in [1.54, 1.807) is 0 Å². The van der Waals surface area contributed by atoms with E-state index in [2.05, 4.69) is 10.2 Å². The third kappa shape index (κ3) is 2.31. The lowest BCUT2D eigenvalue weighted by Crippen LogP contribution is -2.26. The molecule has 0 aromatic carbocycles. The molecule has 1 unspecified atom stereocenters. The van der Waals surface area contributed by atoms with E-state index in [0.717, 1.165) is 0 Å². The molecule has 0 saturated heterocycles. The van der Waals surface area contributed by atoms with Gasteiger partial charge in [-0.2, -0.15) is 5.11 Å². The number of azo groups is 1. The summed E-state index contributed by atoms with van der Waals surface area (Å²) in [7, 11) is 3.91. The van der Waals surface area contributed by atoms with Gasteiger partial charge in [-0.15, -0.1) is 5.11 Å².